The van der Waals surface area contributed by atoms with Gasteiger partial charge in [-0.25, -0.2) is 4.79 Å². The van der Waals surface area contributed by atoms with Gasteiger partial charge in [-0.2, -0.15) is 0 Å². The molecule has 8 nitrogen and oxygen atoms in total. The number of aromatic amines is 1. The highest BCUT2D eigenvalue weighted by atomic mass is 32.1. The molecule has 1 unspecified atom stereocenters. The van der Waals surface area contributed by atoms with Crippen molar-refractivity contribution in [2.24, 2.45) is 0 Å². The normalized spacial score (nSPS) is 12.1. The molecule has 9 heteroatoms. The van der Waals surface area contributed by atoms with Gasteiger partial charge in [0.1, 0.15) is 11.5 Å². The molecule has 0 aliphatic heterocycles. The van der Waals surface area contributed by atoms with E-state index < -0.39 is 17.4 Å². The Bertz CT molecular complexity index is 1030. The van der Waals surface area contributed by atoms with Crippen molar-refractivity contribution in [3.63, 3.8) is 0 Å². The van der Waals surface area contributed by atoms with Gasteiger partial charge in [0.25, 0.3) is 5.56 Å². The topological polar surface area (TPSA) is 114 Å². The van der Waals surface area contributed by atoms with Gasteiger partial charge in [0.05, 0.1) is 25.9 Å². The number of nitrogen functional groups attached to an aromatic ring is 1. The average molecular weight is 417 g/mol. The van der Waals surface area contributed by atoms with Crippen molar-refractivity contribution in [1.82, 2.24) is 9.55 Å². The number of aliphatic hydroxyl groups is 1. The van der Waals surface area contributed by atoms with Crippen LogP contribution in [0.25, 0.3) is 0 Å². The van der Waals surface area contributed by atoms with Crippen LogP contribution in [0.4, 0.5) is 11.5 Å². The Morgan fingerprint density at radius 2 is 2.00 bits per heavy atom. The van der Waals surface area contributed by atoms with Crippen molar-refractivity contribution in [3.8, 4) is 0 Å². The number of nitrogens with zero attached hydrogens (tertiary/aromatic N) is 2. The molecule has 0 fully saturated rings. The molecule has 1 atom stereocenters. The zero-order valence-electron chi connectivity index (χ0n) is 16.1. The summed E-state index contributed by atoms with van der Waals surface area (Å²) in [6, 6.07) is 13.2. The molecule has 0 spiro atoms. The number of likely N-dealkylation sites (N-methyl/N-ethyl adjacent to an activating group) is 1. The lowest BCUT2D eigenvalue weighted by molar-refractivity contribution is 0.0334. The number of H-pyrrole nitrogens is 1. The van der Waals surface area contributed by atoms with Gasteiger partial charge < -0.3 is 20.5 Å². The lowest BCUT2D eigenvalue weighted by Gasteiger charge is -2.24. The third-order valence-electron chi connectivity index (χ3n) is 4.40. The second-order valence-electron chi connectivity index (χ2n) is 6.69. The molecule has 3 aromatic rings. The summed E-state index contributed by atoms with van der Waals surface area (Å²) in [5, 5.41) is 12.2. The summed E-state index contributed by atoms with van der Waals surface area (Å²) in [6.45, 7) is 0.893. The van der Waals surface area contributed by atoms with Gasteiger partial charge in [-0.15, -0.1) is 11.3 Å². The fourth-order valence-corrected chi connectivity index (χ4v) is 3.66. The first-order chi connectivity index (χ1) is 14.0. The Balaban J connectivity index is 1.70. The quantitative estimate of drug-likeness (QED) is 0.484. The number of ether oxygens (including phenoxy) is 1. The number of nitrogens with two attached hydrogens (primary N) is 1. The van der Waals surface area contributed by atoms with Gasteiger partial charge in [-0.1, -0.05) is 36.4 Å². The van der Waals surface area contributed by atoms with E-state index >= 15 is 0 Å². The number of hydrogen-bond acceptors (Lipinski definition) is 7. The van der Waals surface area contributed by atoms with E-state index in [1.807, 2.05) is 47.8 Å². The first-order valence-electron chi connectivity index (χ1n) is 9.11. The minimum Gasteiger partial charge on any atom is -0.389 e. The van der Waals surface area contributed by atoms with Gasteiger partial charge in [0, 0.05) is 18.5 Å². The minimum atomic E-state index is -0.826. The maximum atomic E-state index is 12.4. The Labute approximate surface area is 171 Å². The van der Waals surface area contributed by atoms with Crippen LogP contribution in [-0.4, -0.2) is 41.0 Å². The lowest BCUT2D eigenvalue weighted by atomic mass is 10.2. The molecule has 0 radical (unpaired) electrons. The third-order valence-corrected chi connectivity index (χ3v) is 5.25. The van der Waals surface area contributed by atoms with Crippen molar-refractivity contribution in [2.75, 3.05) is 30.8 Å². The van der Waals surface area contributed by atoms with Crippen molar-refractivity contribution in [2.45, 2.75) is 19.3 Å². The number of rotatable bonds is 9. The number of aliphatic hydroxyl groups excluding tert-OH is 1. The molecule has 2 aromatic heterocycles. The Hall–Kier alpha value is -2.88. The monoisotopic (exact) mass is 416 g/mol. The van der Waals surface area contributed by atoms with Crippen LogP contribution in [0.5, 0.6) is 0 Å². The highest BCUT2D eigenvalue weighted by Crippen LogP contribution is 2.17. The van der Waals surface area contributed by atoms with E-state index in [2.05, 4.69) is 4.98 Å². The maximum absolute atomic E-state index is 12.4. The second-order valence-corrected chi connectivity index (χ2v) is 7.73. The Morgan fingerprint density at radius 1 is 1.24 bits per heavy atom. The van der Waals surface area contributed by atoms with Crippen LogP contribution in [0.2, 0.25) is 0 Å². The number of benzene rings is 1. The molecule has 29 heavy (non-hydrogen) atoms. The Kier molecular flexibility index (Phi) is 6.86. The van der Waals surface area contributed by atoms with E-state index in [0.29, 0.717) is 6.61 Å². The third kappa shape index (κ3) is 5.35. The number of hydrogen-bond donors (Lipinski definition) is 3. The van der Waals surface area contributed by atoms with E-state index in [-0.39, 0.29) is 31.2 Å². The van der Waals surface area contributed by atoms with Crippen molar-refractivity contribution in [1.29, 1.82) is 0 Å². The van der Waals surface area contributed by atoms with Gasteiger partial charge in [-0.05, 0) is 17.0 Å². The fourth-order valence-electron chi connectivity index (χ4n) is 3.02. The second kappa shape index (κ2) is 9.55. The largest absolute Gasteiger partial charge is 0.389 e. The van der Waals surface area contributed by atoms with Crippen LogP contribution >= 0.6 is 11.3 Å². The molecule has 0 bridgehead atoms. The van der Waals surface area contributed by atoms with Crippen LogP contribution in [0.15, 0.2) is 57.4 Å². The summed E-state index contributed by atoms with van der Waals surface area (Å²) >= 11 is 1.58. The first-order valence-corrected chi connectivity index (χ1v) is 9.99. The summed E-state index contributed by atoms with van der Waals surface area (Å²) in [7, 11) is 1.64. The molecule has 0 aliphatic rings. The van der Waals surface area contributed by atoms with Crippen LogP contribution in [0.3, 0.4) is 0 Å². The van der Waals surface area contributed by atoms with E-state index in [4.69, 9.17) is 10.5 Å². The predicted octanol–water partition coefficient (Wildman–Crippen LogP) is 1.24. The summed E-state index contributed by atoms with van der Waals surface area (Å²) in [5.74, 6) is 0.0526. The van der Waals surface area contributed by atoms with Gasteiger partial charge in [-0.3, -0.25) is 14.3 Å². The fraction of sp³-hybridized carbons (Fsp3) is 0.300. The van der Waals surface area contributed by atoms with Crippen molar-refractivity contribution < 1.29 is 9.84 Å². The molecule has 154 valence electrons. The van der Waals surface area contributed by atoms with Crippen LogP contribution in [-0.2, 0) is 17.9 Å². The van der Waals surface area contributed by atoms with Gasteiger partial charge in [0.15, 0.2) is 0 Å². The van der Waals surface area contributed by atoms with Crippen LogP contribution in [0.1, 0.15) is 10.4 Å². The molecule has 0 amide bonds. The molecule has 0 aliphatic carbocycles. The number of aromatic nitrogens is 2. The van der Waals surface area contributed by atoms with E-state index in [1.54, 1.807) is 18.4 Å². The Morgan fingerprint density at radius 3 is 2.69 bits per heavy atom. The summed E-state index contributed by atoms with van der Waals surface area (Å²) in [4.78, 5) is 29.5. The number of anilines is 2. The molecule has 0 saturated heterocycles. The number of nitrogens with one attached hydrogen (secondary N) is 1. The molecule has 1 aromatic carbocycles. The maximum Gasteiger partial charge on any atom is 0.330 e. The molecular weight excluding hydrogens is 392 g/mol. The summed E-state index contributed by atoms with van der Waals surface area (Å²) in [5.41, 5.74) is 6.01. The van der Waals surface area contributed by atoms with Crippen LogP contribution in [0, 0.1) is 0 Å². The standard InChI is InChI=1S/C20H24N4O4S/c1-23(11-15(25)12-28-13-16-8-5-9-29-16)17-18(21)24(20(27)22-19(17)26)10-14-6-3-2-4-7-14/h2-9,15,25H,10-13,21H2,1H3,(H,22,26,27). The molecule has 3 rings (SSSR count). The predicted molar refractivity (Wildman–Crippen MR) is 115 cm³/mol. The zero-order chi connectivity index (χ0) is 20.8. The van der Waals surface area contributed by atoms with Gasteiger partial charge in [0.2, 0.25) is 0 Å². The first kappa shape index (κ1) is 20.8. The average Bonchev–Trinajstić information content (AvgIpc) is 3.19. The SMILES string of the molecule is CN(CC(O)COCc1cccs1)c1c(N)n(Cc2ccccc2)c(=O)[nH]c1=O. The van der Waals surface area contributed by atoms with Crippen molar-refractivity contribution in [3.05, 3.63) is 79.1 Å². The molecule has 2 heterocycles. The van der Waals surface area contributed by atoms with Gasteiger partial charge >= 0.3 is 5.69 Å². The molecule has 0 saturated carbocycles. The zero-order valence-corrected chi connectivity index (χ0v) is 16.9. The highest BCUT2D eigenvalue weighted by Gasteiger charge is 2.19. The smallest absolute Gasteiger partial charge is 0.330 e. The lowest BCUT2D eigenvalue weighted by Crippen LogP contribution is -2.40. The van der Waals surface area contributed by atoms with E-state index in [0.717, 1.165) is 10.4 Å². The minimum absolute atomic E-state index is 0.0526. The van der Waals surface area contributed by atoms with E-state index in [9.17, 15) is 14.7 Å². The van der Waals surface area contributed by atoms with E-state index in [1.165, 1.54) is 9.47 Å². The summed E-state index contributed by atoms with van der Waals surface area (Å²) < 4.78 is 6.83. The summed E-state index contributed by atoms with van der Waals surface area (Å²) in [6.07, 6.45) is -0.826. The number of thiophene rings is 1. The molecular formula is C20H24N4O4S. The van der Waals surface area contributed by atoms with Crippen LogP contribution < -0.4 is 21.9 Å². The van der Waals surface area contributed by atoms with Crippen molar-refractivity contribution >= 4 is 22.8 Å². The highest BCUT2D eigenvalue weighted by molar-refractivity contribution is 7.09. The molecule has 4 N–H and O–H groups in total.